The van der Waals surface area contributed by atoms with Crippen molar-refractivity contribution in [2.75, 3.05) is 40.5 Å². The average Bonchev–Trinajstić information content (AvgIpc) is 3.61. The van der Waals surface area contributed by atoms with Crippen LogP contribution >= 0.6 is 0 Å². The minimum atomic E-state index is -0.616. The van der Waals surface area contributed by atoms with Crippen LogP contribution in [-0.4, -0.2) is 50.3 Å². The zero-order valence-electron chi connectivity index (χ0n) is 27.0. The lowest BCUT2D eigenvalue weighted by atomic mass is 9.88. The first-order chi connectivity index (χ1) is 22.4. The number of likely N-dealkylation sites (tertiary alicyclic amines) is 1. The molecule has 240 valence electrons. The van der Waals surface area contributed by atoms with Gasteiger partial charge in [-0.3, -0.25) is 15.0 Å². The summed E-state index contributed by atoms with van der Waals surface area (Å²) in [6, 6.07) is 29.7. The van der Waals surface area contributed by atoms with Crippen LogP contribution in [0.5, 0.6) is 23.0 Å². The molecule has 1 aliphatic heterocycles. The molecule has 8 nitrogen and oxygen atoms in total. The van der Waals surface area contributed by atoms with Gasteiger partial charge in [0.2, 0.25) is 0 Å². The molecule has 4 aromatic carbocycles. The molecule has 0 aromatic heterocycles. The van der Waals surface area contributed by atoms with Gasteiger partial charge < -0.3 is 18.9 Å². The van der Waals surface area contributed by atoms with Gasteiger partial charge in [-0.1, -0.05) is 61.5 Å². The van der Waals surface area contributed by atoms with E-state index in [0.717, 1.165) is 48.5 Å². The number of nitro groups is 1. The molecule has 1 aliphatic rings. The molecule has 4 aromatic rings. The second-order valence-corrected chi connectivity index (χ2v) is 11.3. The third-order valence-corrected chi connectivity index (χ3v) is 8.42. The van der Waals surface area contributed by atoms with Gasteiger partial charge in [0.15, 0.2) is 11.5 Å². The standard InChI is InChI=1S/C38H42N2O6/c1-5-33(28-11-7-6-8-12-28)38(29-13-17-31(18-14-29)45-24-23-39-21-9-10-22-39)30-15-19-32(20-16-30)46-27(2)34-25-36(43-3)37(44-4)26-35(34)40(41)42/h6-8,11-20,25-27H,5,9-10,21-24H2,1-4H3/b38-33+. The van der Waals surface area contributed by atoms with E-state index in [9.17, 15) is 10.1 Å². The first-order valence-corrected chi connectivity index (χ1v) is 15.8. The molecule has 5 rings (SSSR count). The quantitative estimate of drug-likeness (QED) is 0.0791. The molecule has 0 amide bonds. The molecule has 1 fully saturated rings. The number of hydrogen-bond acceptors (Lipinski definition) is 7. The highest BCUT2D eigenvalue weighted by Crippen LogP contribution is 2.40. The van der Waals surface area contributed by atoms with Gasteiger partial charge in [-0.2, -0.15) is 0 Å². The predicted molar refractivity (Wildman–Crippen MR) is 182 cm³/mol. The number of nitro benzene ring substituents is 1. The second-order valence-electron chi connectivity index (χ2n) is 11.3. The maximum atomic E-state index is 11.9. The van der Waals surface area contributed by atoms with Crippen molar-refractivity contribution in [3.8, 4) is 23.0 Å². The summed E-state index contributed by atoms with van der Waals surface area (Å²) in [6.45, 7) is 7.91. The van der Waals surface area contributed by atoms with Crippen molar-refractivity contribution in [2.24, 2.45) is 0 Å². The maximum Gasteiger partial charge on any atom is 0.280 e. The van der Waals surface area contributed by atoms with Crippen LogP contribution in [0.25, 0.3) is 11.1 Å². The molecule has 0 radical (unpaired) electrons. The maximum absolute atomic E-state index is 11.9. The molecule has 1 atom stereocenters. The van der Waals surface area contributed by atoms with Gasteiger partial charge in [0.25, 0.3) is 5.69 Å². The number of ether oxygens (including phenoxy) is 4. The third kappa shape index (κ3) is 7.69. The van der Waals surface area contributed by atoms with Gasteiger partial charge in [-0.05, 0) is 97.4 Å². The van der Waals surface area contributed by atoms with Crippen molar-refractivity contribution in [1.29, 1.82) is 0 Å². The predicted octanol–water partition coefficient (Wildman–Crippen LogP) is 8.60. The summed E-state index contributed by atoms with van der Waals surface area (Å²) < 4.78 is 23.0. The van der Waals surface area contributed by atoms with Gasteiger partial charge >= 0.3 is 0 Å². The summed E-state index contributed by atoms with van der Waals surface area (Å²) in [5.41, 5.74) is 5.97. The number of nitrogens with zero attached hydrogens (tertiary/aromatic N) is 2. The molecular formula is C38H42N2O6. The first kappa shape index (κ1) is 32.6. The molecule has 1 unspecified atom stereocenters. The average molecular weight is 623 g/mol. The van der Waals surface area contributed by atoms with Gasteiger partial charge in [0.05, 0.1) is 30.8 Å². The van der Waals surface area contributed by atoms with Crippen molar-refractivity contribution < 1.29 is 23.9 Å². The van der Waals surface area contributed by atoms with Gasteiger partial charge in [-0.15, -0.1) is 0 Å². The van der Waals surface area contributed by atoms with Crippen LogP contribution < -0.4 is 18.9 Å². The van der Waals surface area contributed by atoms with Crippen LogP contribution in [0, 0.1) is 10.1 Å². The first-order valence-electron chi connectivity index (χ1n) is 15.8. The molecular weight excluding hydrogens is 580 g/mol. The van der Waals surface area contributed by atoms with Crippen molar-refractivity contribution in [2.45, 2.75) is 39.2 Å². The fourth-order valence-electron chi connectivity index (χ4n) is 6.03. The molecule has 1 heterocycles. The Hall–Kier alpha value is -4.82. The minimum Gasteiger partial charge on any atom is -0.493 e. The van der Waals surface area contributed by atoms with E-state index in [0.29, 0.717) is 29.4 Å². The summed E-state index contributed by atoms with van der Waals surface area (Å²) >= 11 is 0. The second kappa shape index (κ2) is 15.5. The monoisotopic (exact) mass is 622 g/mol. The summed E-state index contributed by atoms with van der Waals surface area (Å²) in [7, 11) is 2.95. The lowest BCUT2D eigenvalue weighted by molar-refractivity contribution is -0.386. The van der Waals surface area contributed by atoms with Crippen LogP contribution in [0.2, 0.25) is 0 Å². The number of benzene rings is 4. The van der Waals surface area contributed by atoms with Crippen LogP contribution in [-0.2, 0) is 0 Å². The Bertz CT molecular complexity index is 1630. The molecule has 0 bridgehead atoms. The zero-order valence-corrected chi connectivity index (χ0v) is 27.0. The van der Waals surface area contributed by atoms with Gasteiger partial charge in [0, 0.05) is 6.54 Å². The van der Waals surface area contributed by atoms with Crippen molar-refractivity contribution in [3.63, 3.8) is 0 Å². The van der Waals surface area contributed by atoms with E-state index in [1.165, 1.54) is 44.3 Å². The Morgan fingerprint density at radius 1 is 0.826 bits per heavy atom. The molecule has 46 heavy (non-hydrogen) atoms. The van der Waals surface area contributed by atoms with Crippen molar-refractivity contribution >= 4 is 16.8 Å². The van der Waals surface area contributed by atoms with E-state index in [4.69, 9.17) is 18.9 Å². The molecule has 1 saturated heterocycles. The lowest BCUT2D eigenvalue weighted by Gasteiger charge is -2.19. The van der Waals surface area contributed by atoms with E-state index in [-0.39, 0.29) is 5.69 Å². The number of rotatable bonds is 14. The Morgan fingerprint density at radius 3 is 1.98 bits per heavy atom. The molecule has 0 saturated carbocycles. The largest absolute Gasteiger partial charge is 0.493 e. The van der Waals surface area contributed by atoms with Crippen LogP contribution in [0.1, 0.15) is 61.5 Å². The summed E-state index contributed by atoms with van der Waals surface area (Å²) in [5.74, 6) is 2.15. The fraction of sp³-hybridized carbons (Fsp3) is 0.316. The van der Waals surface area contributed by atoms with E-state index in [1.54, 1.807) is 13.0 Å². The van der Waals surface area contributed by atoms with Gasteiger partial charge in [0.1, 0.15) is 24.2 Å². The Morgan fingerprint density at radius 2 is 1.41 bits per heavy atom. The summed E-state index contributed by atoms with van der Waals surface area (Å²) in [5, 5.41) is 11.9. The Balaban J connectivity index is 1.42. The highest BCUT2D eigenvalue weighted by Gasteiger charge is 2.25. The van der Waals surface area contributed by atoms with Crippen molar-refractivity contribution in [1.82, 2.24) is 4.90 Å². The highest BCUT2D eigenvalue weighted by molar-refractivity contribution is 5.98. The van der Waals surface area contributed by atoms with E-state index in [1.807, 2.05) is 42.5 Å². The van der Waals surface area contributed by atoms with E-state index in [2.05, 4.69) is 48.2 Å². The Kier molecular flexibility index (Phi) is 10.9. The van der Waals surface area contributed by atoms with Crippen LogP contribution in [0.3, 0.4) is 0 Å². The number of hydrogen-bond donors (Lipinski definition) is 0. The summed E-state index contributed by atoms with van der Waals surface area (Å²) in [6.07, 6.45) is 2.77. The molecule has 8 heteroatoms. The van der Waals surface area contributed by atoms with Crippen molar-refractivity contribution in [3.05, 3.63) is 123 Å². The van der Waals surface area contributed by atoms with Gasteiger partial charge in [-0.25, -0.2) is 0 Å². The third-order valence-electron chi connectivity index (χ3n) is 8.42. The topological polar surface area (TPSA) is 83.3 Å². The highest BCUT2D eigenvalue weighted by atomic mass is 16.6. The van der Waals surface area contributed by atoms with Crippen LogP contribution in [0.15, 0.2) is 91.0 Å². The van der Waals surface area contributed by atoms with E-state index >= 15 is 0 Å². The minimum absolute atomic E-state index is 0.0918. The molecule has 0 spiro atoms. The zero-order chi connectivity index (χ0) is 32.5. The number of methoxy groups -OCH3 is 2. The summed E-state index contributed by atoms with van der Waals surface area (Å²) in [4.78, 5) is 13.9. The number of allylic oxidation sites excluding steroid dienone is 1. The van der Waals surface area contributed by atoms with E-state index < -0.39 is 11.0 Å². The lowest BCUT2D eigenvalue weighted by Crippen LogP contribution is -2.25. The fourth-order valence-corrected chi connectivity index (χ4v) is 6.03. The normalized spacial score (nSPS) is 14.3. The smallest absolute Gasteiger partial charge is 0.280 e. The molecule has 0 aliphatic carbocycles. The Labute approximate surface area is 271 Å². The van der Waals surface area contributed by atoms with Crippen LogP contribution in [0.4, 0.5) is 5.69 Å². The molecule has 0 N–H and O–H groups in total. The SMILES string of the molecule is CC/C(=C(/c1ccc(OCCN2CCCC2)cc1)c1ccc(OC(C)c2cc(OC)c(OC)cc2[N+](=O)[O-])cc1)c1ccccc1.